The van der Waals surface area contributed by atoms with Gasteiger partial charge in [0.2, 0.25) is 0 Å². The molecule has 0 saturated heterocycles. The molecule has 0 atom stereocenters. The second kappa shape index (κ2) is 27.6. The highest BCUT2D eigenvalue weighted by atomic mass is 31.2. The summed E-state index contributed by atoms with van der Waals surface area (Å²) >= 11 is 0. The van der Waals surface area contributed by atoms with Crippen molar-refractivity contribution in [3.05, 3.63) is 35.9 Å². The highest BCUT2D eigenvalue weighted by Gasteiger charge is 2.35. The molecule has 0 bridgehead atoms. The average molecular weight is 659 g/mol. The van der Waals surface area contributed by atoms with Crippen molar-refractivity contribution < 1.29 is 27.2 Å². The Morgan fingerprint density at radius 1 is 0.500 bits per heavy atom. The molecule has 8 heteroatoms. The van der Waals surface area contributed by atoms with Gasteiger partial charge >= 0.3 is 15.2 Å². The monoisotopic (exact) mass is 658 g/mol. The normalized spacial score (nSPS) is 12.4. The lowest BCUT2D eigenvalue weighted by Crippen LogP contribution is -2.18. The average Bonchev–Trinajstić information content (AvgIpc) is 3.01. The largest absolute Gasteiger partial charge is 0.330 e. The third-order valence-electron chi connectivity index (χ3n) is 8.03. The lowest BCUT2D eigenvalue weighted by atomic mass is 10.0. The minimum atomic E-state index is -3.38. The van der Waals surface area contributed by atoms with Crippen molar-refractivity contribution in [3.63, 3.8) is 0 Å². The second-order valence-electron chi connectivity index (χ2n) is 12.4. The van der Waals surface area contributed by atoms with Crippen molar-refractivity contribution >= 4 is 15.2 Å². The van der Waals surface area contributed by atoms with Crippen LogP contribution in [0.15, 0.2) is 30.3 Å². The van der Waals surface area contributed by atoms with Crippen LogP contribution in [0.5, 0.6) is 0 Å². The molecule has 0 amide bonds. The van der Waals surface area contributed by atoms with Crippen molar-refractivity contribution in [3.8, 4) is 0 Å². The van der Waals surface area contributed by atoms with E-state index in [4.69, 9.17) is 18.1 Å². The smallest absolute Gasteiger partial charge is 0.309 e. The third-order valence-corrected chi connectivity index (χ3v) is 12.3. The lowest BCUT2D eigenvalue weighted by Gasteiger charge is -2.27. The number of rotatable bonds is 32. The van der Waals surface area contributed by atoms with E-state index in [0.717, 1.165) is 122 Å². The second-order valence-corrected chi connectivity index (χ2v) is 16.6. The summed E-state index contributed by atoms with van der Waals surface area (Å²) in [5, 5.41) is 0. The molecular formula is C36H68O6P2. The molecule has 1 rings (SSSR count). The SMILES string of the molecule is CCCCCCOP(=O)(CC(CCCc1ccccc1)CP(=O)(OCCCCCC)OCCCCCC)OCCCCCC. The quantitative estimate of drug-likeness (QED) is 0.0567. The van der Waals surface area contributed by atoms with Crippen molar-refractivity contribution in [2.24, 2.45) is 5.92 Å². The van der Waals surface area contributed by atoms with Crippen LogP contribution >= 0.6 is 15.2 Å². The highest BCUT2D eigenvalue weighted by molar-refractivity contribution is 7.55. The summed E-state index contributed by atoms with van der Waals surface area (Å²) in [5.74, 6) is -0.145. The van der Waals surface area contributed by atoms with E-state index in [-0.39, 0.29) is 18.2 Å². The van der Waals surface area contributed by atoms with Gasteiger partial charge in [0, 0.05) is 0 Å². The van der Waals surface area contributed by atoms with Gasteiger partial charge in [0.15, 0.2) is 0 Å². The summed E-state index contributed by atoms with van der Waals surface area (Å²) in [6.45, 7) is 10.5. The van der Waals surface area contributed by atoms with Crippen LogP contribution in [0.4, 0.5) is 0 Å². The van der Waals surface area contributed by atoms with Crippen LogP contribution in [0.1, 0.15) is 149 Å². The zero-order valence-electron chi connectivity index (χ0n) is 29.0. The van der Waals surface area contributed by atoms with Crippen LogP contribution in [-0.2, 0) is 33.6 Å². The van der Waals surface area contributed by atoms with E-state index in [1.54, 1.807) is 0 Å². The van der Waals surface area contributed by atoms with Gasteiger partial charge in [-0.1, -0.05) is 135 Å². The molecular weight excluding hydrogens is 590 g/mol. The summed E-state index contributed by atoms with van der Waals surface area (Å²) in [6, 6.07) is 10.4. The molecule has 0 unspecified atom stereocenters. The van der Waals surface area contributed by atoms with Crippen LogP contribution < -0.4 is 0 Å². The Hall–Kier alpha value is -0.480. The van der Waals surface area contributed by atoms with Crippen molar-refractivity contribution in [2.75, 3.05) is 38.8 Å². The topological polar surface area (TPSA) is 71.1 Å². The lowest BCUT2D eigenvalue weighted by molar-refractivity contribution is 0.187. The molecule has 1 aromatic carbocycles. The Kier molecular flexibility index (Phi) is 26.1. The number of benzene rings is 1. The summed E-state index contributed by atoms with van der Waals surface area (Å²) < 4.78 is 52.9. The van der Waals surface area contributed by atoms with Crippen LogP contribution in [-0.4, -0.2) is 38.8 Å². The van der Waals surface area contributed by atoms with Crippen LogP contribution in [0.25, 0.3) is 0 Å². The van der Waals surface area contributed by atoms with E-state index in [2.05, 4.69) is 52.0 Å². The Bertz CT molecular complexity index is 781. The molecule has 1 aromatic rings. The zero-order chi connectivity index (χ0) is 32.2. The Morgan fingerprint density at radius 3 is 1.20 bits per heavy atom. The molecule has 6 nitrogen and oxygen atoms in total. The molecule has 0 saturated carbocycles. The van der Waals surface area contributed by atoms with E-state index in [9.17, 15) is 9.13 Å². The maximum Gasteiger partial charge on any atom is 0.330 e. The van der Waals surface area contributed by atoms with Gasteiger partial charge in [-0.25, -0.2) is 0 Å². The van der Waals surface area contributed by atoms with Gasteiger partial charge in [-0.2, -0.15) is 0 Å². The number of hydrogen-bond acceptors (Lipinski definition) is 6. The molecule has 0 heterocycles. The minimum Gasteiger partial charge on any atom is -0.309 e. The molecule has 0 aliphatic rings. The first-order valence-electron chi connectivity index (χ1n) is 18.2. The standard InChI is InChI=1S/C36H68O6P2/c1-5-9-13-20-29-39-43(37,40-30-21-14-10-6-2)33-36(28-24-27-35-25-18-17-19-26-35)34-44(38,41-31-22-15-11-7-3)42-32-23-16-12-8-4/h17-19,25-26,36H,5-16,20-24,27-34H2,1-4H3. The third kappa shape index (κ3) is 22.1. The number of hydrogen-bond donors (Lipinski definition) is 0. The van der Waals surface area contributed by atoms with E-state index < -0.39 is 15.2 Å². The Balaban J connectivity index is 3.07. The first kappa shape index (κ1) is 41.5. The summed E-state index contributed by atoms with van der Waals surface area (Å²) in [4.78, 5) is 0. The van der Waals surface area contributed by atoms with Crippen molar-refractivity contribution in [1.82, 2.24) is 0 Å². The fraction of sp³-hybridized carbons (Fsp3) is 0.833. The first-order chi connectivity index (χ1) is 21.4. The van der Waals surface area contributed by atoms with E-state index in [1.807, 2.05) is 6.07 Å². The molecule has 44 heavy (non-hydrogen) atoms. The predicted octanol–water partition coefficient (Wildman–Crippen LogP) is 12.4. The van der Waals surface area contributed by atoms with Gasteiger partial charge < -0.3 is 18.1 Å². The molecule has 0 fully saturated rings. The van der Waals surface area contributed by atoms with Crippen LogP contribution in [0, 0.1) is 5.92 Å². The van der Waals surface area contributed by atoms with Gasteiger partial charge in [0.1, 0.15) is 0 Å². The van der Waals surface area contributed by atoms with Gasteiger partial charge in [0.25, 0.3) is 0 Å². The first-order valence-corrected chi connectivity index (χ1v) is 21.7. The van der Waals surface area contributed by atoms with Gasteiger partial charge in [0.05, 0.1) is 38.8 Å². The summed E-state index contributed by atoms with van der Waals surface area (Å²) in [7, 11) is -6.77. The molecule has 0 aliphatic carbocycles. The van der Waals surface area contributed by atoms with E-state index in [0.29, 0.717) is 26.4 Å². The highest BCUT2D eigenvalue weighted by Crippen LogP contribution is 2.56. The van der Waals surface area contributed by atoms with Crippen LogP contribution in [0.2, 0.25) is 0 Å². The zero-order valence-corrected chi connectivity index (χ0v) is 30.8. The predicted molar refractivity (Wildman–Crippen MR) is 188 cm³/mol. The summed E-state index contributed by atoms with van der Waals surface area (Å²) in [6.07, 6.45) is 19.9. The maximum absolute atomic E-state index is 14.3. The number of unbranched alkanes of at least 4 members (excludes halogenated alkanes) is 12. The summed E-state index contributed by atoms with van der Waals surface area (Å²) in [5.41, 5.74) is 1.27. The van der Waals surface area contributed by atoms with Crippen LogP contribution in [0.3, 0.4) is 0 Å². The molecule has 0 spiro atoms. The molecule has 0 aromatic heterocycles. The fourth-order valence-corrected chi connectivity index (χ4v) is 9.62. The Labute approximate surface area is 272 Å². The fourth-order valence-electron chi connectivity index (χ4n) is 5.33. The molecule has 0 N–H and O–H groups in total. The van der Waals surface area contributed by atoms with Gasteiger partial charge in [-0.15, -0.1) is 0 Å². The van der Waals surface area contributed by atoms with E-state index in [1.165, 1.54) is 5.56 Å². The molecule has 0 radical (unpaired) electrons. The Morgan fingerprint density at radius 2 is 0.864 bits per heavy atom. The van der Waals surface area contributed by atoms with Gasteiger partial charge in [-0.05, 0) is 56.4 Å². The van der Waals surface area contributed by atoms with E-state index >= 15 is 0 Å². The number of aryl methyl sites for hydroxylation is 1. The molecule has 258 valence electrons. The van der Waals surface area contributed by atoms with Crippen molar-refractivity contribution in [1.29, 1.82) is 0 Å². The van der Waals surface area contributed by atoms with Crippen molar-refractivity contribution in [2.45, 2.75) is 150 Å². The minimum absolute atomic E-state index is 0.145. The van der Waals surface area contributed by atoms with Gasteiger partial charge in [-0.3, -0.25) is 9.13 Å². The molecule has 0 aliphatic heterocycles. The maximum atomic E-state index is 14.3.